The first-order valence-electron chi connectivity index (χ1n) is 10.0. The molecule has 0 bridgehead atoms. The van der Waals surface area contributed by atoms with Crippen molar-refractivity contribution in [3.8, 4) is 18.1 Å². The van der Waals surface area contributed by atoms with Gasteiger partial charge in [0.2, 0.25) is 5.75 Å². The molecule has 0 amide bonds. The normalized spacial score (nSPS) is 11.5. The van der Waals surface area contributed by atoms with E-state index in [0.717, 1.165) is 29.1 Å². The van der Waals surface area contributed by atoms with Crippen LogP contribution in [0.3, 0.4) is 0 Å². The lowest BCUT2D eigenvalue weighted by molar-refractivity contribution is -0.689. The molecule has 30 heavy (non-hydrogen) atoms. The predicted octanol–water partition coefficient (Wildman–Crippen LogP) is 1.98. The summed E-state index contributed by atoms with van der Waals surface area (Å²) in [6, 6.07) is 25.1. The van der Waals surface area contributed by atoms with Gasteiger partial charge < -0.3 is 21.7 Å². The largest absolute Gasteiger partial charge is 1.00 e. The second-order valence-corrected chi connectivity index (χ2v) is 7.08. The van der Waals surface area contributed by atoms with E-state index < -0.39 is 0 Å². The topological polar surface area (TPSA) is 17.5 Å². The van der Waals surface area contributed by atoms with Gasteiger partial charge in [-0.3, -0.25) is 0 Å². The summed E-state index contributed by atoms with van der Waals surface area (Å²) in [7, 11) is 0. The van der Waals surface area contributed by atoms with Crippen LogP contribution in [0.5, 0.6) is 5.75 Å². The molecule has 0 N–H and O–H groups in total. The Morgan fingerprint density at radius 1 is 1.00 bits per heavy atom. The Morgan fingerprint density at radius 3 is 2.37 bits per heavy atom. The van der Waals surface area contributed by atoms with Crippen molar-refractivity contribution in [3.63, 3.8) is 0 Å². The summed E-state index contributed by atoms with van der Waals surface area (Å²) >= 11 is 0. The van der Waals surface area contributed by atoms with Gasteiger partial charge in [0.25, 0.3) is 0 Å². The summed E-state index contributed by atoms with van der Waals surface area (Å²) in [4.78, 5) is 0. The molecule has 3 nitrogen and oxygen atoms in total. The predicted molar refractivity (Wildman–Crippen MR) is 116 cm³/mol. The van der Waals surface area contributed by atoms with Crippen molar-refractivity contribution in [2.75, 3.05) is 0 Å². The molecular formula is C26H25BrN2O. The maximum atomic E-state index is 6.27. The Labute approximate surface area is 188 Å². The van der Waals surface area contributed by atoms with Crippen molar-refractivity contribution < 1.29 is 26.3 Å². The number of rotatable bonds is 7. The van der Waals surface area contributed by atoms with Gasteiger partial charge in [0.1, 0.15) is 18.8 Å². The van der Waals surface area contributed by atoms with Crippen molar-refractivity contribution in [1.29, 1.82) is 0 Å². The number of nitrogens with zero attached hydrogens (tertiary/aromatic N) is 2. The molecular weight excluding hydrogens is 436 g/mol. The average molecular weight is 461 g/mol. The van der Waals surface area contributed by atoms with Crippen molar-refractivity contribution >= 4 is 5.65 Å². The van der Waals surface area contributed by atoms with Crippen LogP contribution in [0, 0.1) is 12.3 Å². The van der Waals surface area contributed by atoms with E-state index in [1.165, 1.54) is 5.56 Å². The second-order valence-electron chi connectivity index (χ2n) is 7.08. The number of hydrogen-bond acceptors (Lipinski definition) is 1. The molecule has 4 heteroatoms. The van der Waals surface area contributed by atoms with Crippen LogP contribution in [-0.2, 0) is 13.0 Å². The molecule has 2 heterocycles. The summed E-state index contributed by atoms with van der Waals surface area (Å²) in [5.74, 6) is 3.64. The Balaban J connectivity index is 0.00000256. The van der Waals surface area contributed by atoms with Gasteiger partial charge in [-0.15, -0.1) is 6.42 Å². The van der Waals surface area contributed by atoms with Gasteiger partial charge in [0.15, 0.2) is 5.69 Å². The summed E-state index contributed by atoms with van der Waals surface area (Å²) < 4.78 is 10.7. The molecule has 4 aromatic rings. The highest BCUT2D eigenvalue weighted by Gasteiger charge is 2.27. The highest BCUT2D eigenvalue weighted by Crippen LogP contribution is 2.25. The zero-order valence-electron chi connectivity index (χ0n) is 17.0. The summed E-state index contributed by atoms with van der Waals surface area (Å²) in [6.45, 7) is 2.74. The molecule has 2 aromatic heterocycles. The fraction of sp³-hybridized carbons (Fsp3) is 0.192. The molecule has 0 radical (unpaired) electrons. The third-order valence-corrected chi connectivity index (χ3v) is 5.20. The van der Waals surface area contributed by atoms with Crippen molar-refractivity contribution in [2.45, 2.75) is 32.4 Å². The Kier molecular flexibility index (Phi) is 7.32. The molecule has 0 aliphatic heterocycles. The summed E-state index contributed by atoms with van der Waals surface area (Å²) in [5.41, 5.74) is 4.54. The third kappa shape index (κ3) is 4.42. The molecule has 1 atom stereocenters. The average Bonchev–Trinajstić information content (AvgIpc) is 3.13. The Hall–Kier alpha value is -3.03. The number of pyridine rings is 1. The molecule has 152 valence electrons. The number of terminal acetylenes is 1. The zero-order chi connectivity index (χ0) is 20.1. The van der Waals surface area contributed by atoms with E-state index in [2.05, 4.69) is 76.7 Å². The van der Waals surface area contributed by atoms with Crippen LogP contribution in [0.15, 0.2) is 85.2 Å². The number of fused-ring (bicyclic) bond motifs is 1. The monoisotopic (exact) mass is 460 g/mol. The molecule has 0 saturated carbocycles. The standard InChI is InChI=1S/C26H25N2O.BrH/c1-3-12-23-19-28(24(4-2)22-15-9-6-10-16-22)26-25(17-11-18-27(23)26)29-20-21-13-7-5-8-14-21;/h1,5-11,13-19,24H,4,12,20H2,2H3;1H/q+1;/p-1. The lowest BCUT2D eigenvalue weighted by Crippen LogP contribution is -3.00. The van der Waals surface area contributed by atoms with E-state index in [4.69, 9.17) is 11.2 Å². The molecule has 2 aromatic carbocycles. The first kappa shape index (κ1) is 21.7. The minimum absolute atomic E-state index is 0. The molecule has 0 fully saturated rings. The first-order valence-corrected chi connectivity index (χ1v) is 10.0. The van der Waals surface area contributed by atoms with Crippen LogP contribution in [0.2, 0.25) is 0 Å². The van der Waals surface area contributed by atoms with Gasteiger partial charge in [0.05, 0.1) is 12.6 Å². The van der Waals surface area contributed by atoms with Crippen molar-refractivity contribution in [3.05, 3.63) is 102 Å². The Morgan fingerprint density at radius 2 is 1.70 bits per heavy atom. The van der Waals surface area contributed by atoms with Crippen LogP contribution in [-0.4, -0.2) is 4.40 Å². The third-order valence-electron chi connectivity index (χ3n) is 5.20. The number of hydrogen-bond donors (Lipinski definition) is 0. The first-order chi connectivity index (χ1) is 14.3. The summed E-state index contributed by atoms with van der Waals surface area (Å²) in [5, 5.41) is 0. The van der Waals surface area contributed by atoms with E-state index in [1.54, 1.807) is 0 Å². The lowest BCUT2D eigenvalue weighted by atomic mass is 10.0. The van der Waals surface area contributed by atoms with E-state index in [-0.39, 0.29) is 23.0 Å². The second kappa shape index (κ2) is 10.1. The van der Waals surface area contributed by atoms with Gasteiger partial charge in [-0.25, -0.2) is 4.57 Å². The van der Waals surface area contributed by atoms with Gasteiger partial charge in [-0.2, -0.15) is 4.40 Å². The number of imidazole rings is 1. The Bertz CT molecular complexity index is 1130. The van der Waals surface area contributed by atoms with Gasteiger partial charge in [-0.1, -0.05) is 73.5 Å². The number of aromatic nitrogens is 2. The van der Waals surface area contributed by atoms with Crippen LogP contribution >= 0.6 is 0 Å². The maximum Gasteiger partial charge on any atom is 0.330 e. The fourth-order valence-corrected chi connectivity index (χ4v) is 3.84. The SMILES string of the molecule is C#CCc1c[n+](C(CC)c2ccccc2)c2c(OCc3ccccc3)cccn12.[Br-]. The van der Waals surface area contributed by atoms with Crippen LogP contribution in [0.25, 0.3) is 5.65 Å². The molecule has 0 aliphatic carbocycles. The van der Waals surface area contributed by atoms with Gasteiger partial charge >= 0.3 is 5.65 Å². The van der Waals surface area contributed by atoms with Crippen molar-refractivity contribution in [2.24, 2.45) is 0 Å². The van der Waals surface area contributed by atoms with Crippen LogP contribution in [0.4, 0.5) is 0 Å². The van der Waals surface area contributed by atoms with Gasteiger partial charge in [0, 0.05) is 0 Å². The number of halogens is 1. The molecule has 4 rings (SSSR count). The highest BCUT2D eigenvalue weighted by atomic mass is 79.9. The maximum absolute atomic E-state index is 6.27. The minimum Gasteiger partial charge on any atom is -1.00 e. The van der Waals surface area contributed by atoms with E-state index in [0.29, 0.717) is 13.0 Å². The highest BCUT2D eigenvalue weighted by molar-refractivity contribution is 5.50. The van der Waals surface area contributed by atoms with E-state index >= 15 is 0 Å². The van der Waals surface area contributed by atoms with E-state index in [9.17, 15) is 0 Å². The van der Waals surface area contributed by atoms with E-state index in [1.807, 2.05) is 30.3 Å². The van der Waals surface area contributed by atoms with Crippen LogP contribution in [0.1, 0.15) is 36.2 Å². The number of benzene rings is 2. The molecule has 1 unspecified atom stereocenters. The fourth-order valence-electron chi connectivity index (χ4n) is 3.84. The molecule has 0 saturated heterocycles. The zero-order valence-corrected chi connectivity index (χ0v) is 18.6. The minimum atomic E-state index is 0. The van der Waals surface area contributed by atoms with Gasteiger partial charge in [-0.05, 0) is 29.7 Å². The molecule has 0 aliphatic rings. The van der Waals surface area contributed by atoms with Crippen molar-refractivity contribution in [1.82, 2.24) is 4.40 Å². The number of ether oxygens (including phenoxy) is 1. The van der Waals surface area contributed by atoms with Crippen LogP contribution < -0.4 is 26.3 Å². The summed E-state index contributed by atoms with van der Waals surface area (Å²) in [6.07, 6.45) is 11.4. The smallest absolute Gasteiger partial charge is 0.330 e. The quantitative estimate of drug-likeness (QED) is 0.304. The lowest BCUT2D eigenvalue weighted by Gasteiger charge is -2.14. The molecule has 0 spiro atoms.